The van der Waals surface area contributed by atoms with E-state index in [4.69, 9.17) is 0 Å². The lowest BCUT2D eigenvalue weighted by atomic mass is 9.99. The molecule has 0 bridgehead atoms. The van der Waals surface area contributed by atoms with E-state index in [1.54, 1.807) is 6.20 Å². The van der Waals surface area contributed by atoms with Crippen LogP contribution in [0.5, 0.6) is 0 Å². The van der Waals surface area contributed by atoms with Gasteiger partial charge in [-0.1, -0.05) is 43.8 Å². The van der Waals surface area contributed by atoms with Crippen LogP contribution in [0.25, 0.3) is 11.3 Å². The second-order valence-corrected chi connectivity index (χ2v) is 5.49. The van der Waals surface area contributed by atoms with Crippen molar-refractivity contribution < 1.29 is 4.79 Å². The van der Waals surface area contributed by atoms with E-state index in [1.807, 2.05) is 49.4 Å². The van der Waals surface area contributed by atoms with Gasteiger partial charge < -0.3 is 10.6 Å². The number of carbonyl (C=O) groups excluding carboxylic acids is 1. The van der Waals surface area contributed by atoms with Crippen molar-refractivity contribution >= 4 is 28.7 Å². The largest absolute Gasteiger partial charge is 0.353 e. The molecular weight excluding hydrogens is 286 g/mol. The highest BCUT2D eigenvalue weighted by Gasteiger charge is 2.16. The maximum atomic E-state index is 11.7. The molecule has 1 aromatic heterocycles. The summed E-state index contributed by atoms with van der Waals surface area (Å²) >= 11 is 0. The van der Waals surface area contributed by atoms with Gasteiger partial charge in [-0.05, 0) is 29.7 Å². The molecule has 0 saturated carbocycles. The number of hydrogen-bond donors (Lipinski definition) is 2. The van der Waals surface area contributed by atoms with Crippen LogP contribution < -0.4 is 10.6 Å². The smallest absolute Gasteiger partial charge is 0.225 e. The lowest BCUT2D eigenvalue weighted by molar-refractivity contribution is -0.116. The molecule has 0 fully saturated rings. The standard InChI is InChI=1S/C19H19N3O/c1-3-7-19(23)22-18-11-15-13(2)10-16(21-17(15)12-20-18)14-8-5-4-6-9-14/h4-6,8-12,21H,2-3,7H2,1H3,(H,20,22,23). The molecule has 4 heteroatoms. The van der Waals surface area contributed by atoms with Gasteiger partial charge in [-0.2, -0.15) is 0 Å². The van der Waals surface area contributed by atoms with Gasteiger partial charge in [-0.3, -0.25) is 4.79 Å². The number of amides is 1. The molecule has 0 atom stereocenters. The normalized spacial score (nSPS) is 12.9. The first-order valence-corrected chi connectivity index (χ1v) is 7.70. The first-order valence-electron chi connectivity index (χ1n) is 7.70. The van der Waals surface area contributed by atoms with Crippen LogP contribution in [0.15, 0.2) is 55.3 Å². The molecule has 23 heavy (non-hydrogen) atoms. The fourth-order valence-corrected chi connectivity index (χ4v) is 2.53. The minimum absolute atomic E-state index is 0.0187. The van der Waals surface area contributed by atoms with Crippen LogP contribution in [0.1, 0.15) is 30.9 Å². The van der Waals surface area contributed by atoms with Crippen LogP contribution in [0, 0.1) is 0 Å². The number of anilines is 2. The van der Waals surface area contributed by atoms with E-state index < -0.39 is 0 Å². The van der Waals surface area contributed by atoms with Crippen molar-refractivity contribution in [3.8, 4) is 0 Å². The van der Waals surface area contributed by atoms with Crippen molar-refractivity contribution in [3.05, 3.63) is 66.4 Å². The van der Waals surface area contributed by atoms with E-state index in [0.29, 0.717) is 12.2 Å². The maximum absolute atomic E-state index is 11.7. The molecule has 2 heterocycles. The van der Waals surface area contributed by atoms with E-state index in [0.717, 1.165) is 34.5 Å². The summed E-state index contributed by atoms with van der Waals surface area (Å²) in [5.74, 6) is 0.538. The number of allylic oxidation sites excluding steroid dienone is 2. The summed E-state index contributed by atoms with van der Waals surface area (Å²) in [7, 11) is 0. The Balaban J connectivity index is 1.85. The highest BCUT2D eigenvalue weighted by Crippen LogP contribution is 2.34. The number of nitrogens with one attached hydrogen (secondary N) is 2. The van der Waals surface area contributed by atoms with Crippen molar-refractivity contribution in [1.29, 1.82) is 0 Å². The zero-order chi connectivity index (χ0) is 16.2. The Bertz CT molecular complexity index is 778. The van der Waals surface area contributed by atoms with Crippen molar-refractivity contribution in [1.82, 2.24) is 4.98 Å². The van der Waals surface area contributed by atoms with E-state index in [1.165, 1.54) is 0 Å². The fourth-order valence-electron chi connectivity index (χ4n) is 2.53. The lowest BCUT2D eigenvalue weighted by Gasteiger charge is -2.21. The number of fused-ring (bicyclic) bond motifs is 1. The highest BCUT2D eigenvalue weighted by molar-refractivity contribution is 5.98. The lowest BCUT2D eigenvalue weighted by Crippen LogP contribution is -2.13. The molecule has 116 valence electrons. The maximum Gasteiger partial charge on any atom is 0.225 e. The number of aromatic nitrogens is 1. The van der Waals surface area contributed by atoms with Crippen molar-refractivity contribution in [2.75, 3.05) is 10.6 Å². The fraction of sp³-hybridized carbons (Fsp3) is 0.158. The van der Waals surface area contributed by atoms with Crippen LogP contribution in [-0.2, 0) is 4.79 Å². The second-order valence-electron chi connectivity index (χ2n) is 5.49. The van der Waals surface area contributed by atoms with Gasteiger partial charge in [0.2, 0.25) is 5.91 Å². The third-order valence-corrected chi connectivity index (χ3v) is 3.67. The Hall–Kier alpha value is -2.88. The summed E-state index contributed by atoms with van der Waals surface area (Å²) in [6.45, 7) is 6.10. The minimum Gasteiger partial charge on any atom is -0.353 e. The molecule has 2 N–H and O–H groups in total. The first-order chi connectivity index (χ1) is 11.2. The molecule has 0 aliphatic carbocycles. The monoisotopic (exact) mass is 305 g/mol. The van der Waals surface area contributed by atoms with Gasteiger partial charge in [-0.25, -0.2) is 4.98 Å². The minimum atomic E-state index is -0.0187. The third kappa shape index (κ3) is 3.31. The van der Waals surface area contributed by atoms with Crippen LogP contribution in [0.3, 0.4) is 0 Å². The average Bonchev–Trinajstić information content (AvgIpc) is 2.56. The summed E-state index contributed by atoms with van der Waals surface area (Å²) in [6, 6.07) is 11.9. The van der Waals surface area contributed by atoms with Crippen LogP contribution in [0.4, 0.5) is 11.5 Å². The molecule has 0 saturated heterocycles. The number of rotatable bonds is 4. The van der Waals surface area contributed by atoms with Crippen molar-refractivity contribution in [3.63, 3.8) is 0 Å². The molecular formula is C19H19N3O. The van der Waals surface area contributed by atoms with Gasteiger partial charge >= 0.3 is 0 Å². The second kappa shape index (κ2) is 6.48. The Morgan fingerprint density at radius 1 is 1.30 bits per heavy atom. The molecule has 0 spiro atoms. The molecule has 4 nitrogen and oxygen atoms in total. The summed E-state index contributed by atoms with van der Waals surface area (Å²) in [4.78, 5) is 16.0. The van der Waals surface area contributed by atoms with E-state index in [9.17, 15) is 4.79 Å². The van der Waals surface area contributed by atoms with Crippen LogP contribution in [0.2, 0.25) is 0 Å². The molecule has 1 aliphatic heterocycles. The van der Waals surface area contributed by atoms with Gasteiger partial charge in [0.1, 0.15) is 5.82 Å². The SMILES string of the molecule is C=C1C=C(c2ccccc2)Nc2cnc(NC(=O)CCC)cc21. The zero-order valence-corrected chi connectivity index (χ0v) is 13.1. The Kier molecular flexibility index (Phi) is 4.24. The molecule has 0 unspecified atom stereocenters. The summed E-state index contributed by atoms with van der Waals surface area (Å²) < 4.78 is 0. The van der Waals surface area contributed by atoms with E-state index in [2.05, 4.69) is 22.2 Å². The third-order valence-electron chi connectivity index (χ3n) is 3.67. The van der Waals surface area contributed by atoms with E-state index >= 15 is 0 Å². The zero-order valence-electron chi connectivity index (χ0n) is 13.1. The quantitative estimate of drug-likeness (QED) is 0.885. The molecule has 3 rings (SSSR count). The van der Waals surface area contributed by atoms with Crippen molar-refractivity contribution in [2.45, 2.75) is 19.8 Å². The predicted molar refractivity (Wildman–Crippen MR) is 94.9 cm³/mol. The number of hydrogen-bond acceptors (Lipinski definition) is 3. The molecule has 1 amide bonds. The Morgan fingerprint density at radius 3 is 2.83 bits per heavy atom. The Labute approximate surface area is 136 Å². The van der Waals surface area contributed by atoms with Gasteiger partial charge in [0, 0.05) is 17.7 Å². The summed E-state index contributed by atoms with van der Waals surface area (Å²) in [5, 5.41) is 6.19. The Morgan fingerprint density at radius 2 is 2.09 bits per heavy atom. The van der Waals surface area contributed by atoms with Gasteiger partial charge in [0.25, 0.3) is 0 Å². The van der Waals surface area contributed by atoms with Crippen molar-refractivity contribution in [2.24, 2.45) is 0 Å². The predicted octanol–water partition coefficient (Wildman–Crippen LogP) is 4.30. The number of benzene rings is 1. The van der Waals surface area contributed by atoms with Gasteiger partial charge in [0.05, 0.1) is 11.9 Å². The topological polar surface area (TPSA) is 54.0 Å². The summed E-state index contributed by atoms with van der Waals surface area (Å²) in [5.41, 5.74) is 4.83. The van der Waals surface area contributed by atoms with Gasteiger partial charge in [-0.15, -0.1) is 0 Å². The molecule has 2 aromatic rings. The molecule has 1 aliphatic rings. The summed E-state index contributed by atoms with van der Waals surface area (Å²) in [6.07, 6.45) is 5.05. The van der Waals surface area contributed by atoms with Crippen LogP contribution in [-0.4, -0.2) is 10.9 Å². The first kappa shape index (κ1) is 15.0. The number of pyridine rings is 1. The number of nitrogens with zero attached hydrogens (tertiary/aromatic N) is 1. The highest BCUT2D eigenvalue weighted by atomic mass is 16.1. The van der Waals surface area contributed by atoms with E-state index in [-0.39, 0.29) is 5.91 Å². The van der Waals surface area contributed by atoms with Crippen LogP contribution >= 0.6 is 0 Å². The average molecular weight is 305 g/mol. The molecule has 0 radical (unpaired) electrons. The molecule has 1 aromatic carbocycles. The van der Waals surface area contributed by atoms with Gasteiger partial charge in [0.15, 0.2) is 0 Å². The number of carbonyl (C=O) groups is 1.